The first-order valence-electron chi connectivity index (χ1n) is 5.73. The highest BCUT2D eigenvalue weighted by atomic mass is 32.2. The standard InChI is InChI=1S/C12H17NO2S2/c14-13(15)11-7-3-4-8-12(11)17-10-6-2-1-5-9-16/h3-4,7-8,16H,1-2,5-6,9-10H2. The number of benzene rings is 1. The van der Waals surface area contributed by atoms with Gasteiger partial charge in [-0.15, -0.1) is 11.8 Å². The van der Waals surface area contributed by atoms with Gasteiger partial charge in [0.15, 0.2) is 0 Å². The summed E-state index contributed by atoms with van der Waals surface area (Å²) >= 11 is 5.73. The van der Waals surface area contributed by atoms with Crippen LogP contribution in [0.2, 0.25) is 0 Å². The SMILES string of the molecule is O=[N+]([O-])c1ccccc1SCCCCCCS. The van der Waals surface area contributed by atoms with Gasteiger partial charge in [0.25, 0.3) is 5.69 Å². The van der Waals surface area contributed by atoms with Crippen LogP contribution in [0.4, 0.5) is 5.69 Å². The Labute approximate surface area is 112 Å². The molecule has 0 atom stereocenters. The van der Waals surface area contributed by atoms with E-state index >= 15 is 0 Å². The fourth-order valence-electron chi connectivity index (χ4n) is 1.48. The van der Waals surface area contributed by atoms with Crippen molar-refractivity contribution in [3.63, 3.8) is 0 Å². The van der Waals surface area contributed by atoms with E-state index in [1.54, 1.807) is 23.9 Å². The molecule has 0 saturated carbocycles. The normalized spacial score (nSPS) is 10.4. The summed E-state index contributed by atoms with van der Waals surface area (Å²) < 4.78 is 0. The van der Waals surface area contributed by atoms with E-state index in [1.807, 2.05) is 12.1 Å². The number of nitro benzene ring substituents is 1. The quantitative estimate of drug-likeness (QED) is 0.254. The lowest BCUT2D eigenvalue weighted by Gasteiger charge is -2.02. The van der Waals surface area contributed by atoms with E-state index in [-0.39, 0.29) is 10.6 Å². The first-order chi connectivity index (χ1) is 8.25. The lowest BCUT2D eigenvalue weighted by Crippen LogP contribution is -1.91. The number of para-hydroxylation sites is 1. The number of hydrogen-bond acceptors (Lipinski definition) is 4. The van der Waals surface area contributed by atoms with Crippen LogP contribution in [0.1, 0.15) is 25.7 Å². The van der Waals surface area contributed by atoms with Gasteiger partial charge < -0.3 is 0 Å². The van der Waals surface area contributed by atoms with Crippen LogP contribution < -0.4 is 0 Å². The van der Waals surface area contributed by atoms with Crippen molar-refractivity contribution < 1.29 is 4.92 Å². The van der Waals surface area contributed by atoms with E-state index in [0.717, 1.165) is 29.2 Å². The van der Waals surface area contributed by atoms with Crippen LogP contribution in [0.25, 0.3) is 0 Å². The minimum absolute atomic E-state index is 0.216. The molecule has 0 aliphatic carbocycles. The minimum atomic E-state index is -0.316. The number of nitro groups is 1. The molecule has 0 N–H and O–H groups in total. The van der Waals surface area contributed by atoms with E-state index in [4.69, 9.17) is 0 Å². The molecular formula is C12H17NO2S2. The lowest BCUT2D eigenvalue weighted by atomic mass is 10.2. The summed E-state index contributed by atoms with van der Waals surface area (Å²) in [6, 6.07) is 6.92. The van der Waals surface area contributed by atoms with Crippen molar-refractivity contribution in [1.29, 1.82) is 0 Å². The number of thioether (sulfide) groups is 1. The molecule has 0 saturated heterocycles. The van der Waals surface area contributed by atoms with E-state index in [1.165, 1.54) is 12.8 Å². The van der Waals surface area contributed by atoms with Crippen LogP contribution >= 0.6 is 24.4 Å². The average molecular weight is 271 g/mol. The second-order valence-electron chi connectivity index (χ2n) is 3.71. The molecule has 94 valence electrons. The zero-order chi connectivity index (χ0) is 12.5. The summed E-state index contributed by atoms with van der Waals surface area (Å²) in [6.45, 7) is 0. The van der Waals surface area contributed by atoms with Crippen molar-refractivity contribution >= 4 is 30.1 Å². The first kappa shape index (κ1) is 14.4. The van der Waals surface area contributed by atoms with Gasteiger partial charge >= 0.3 is 0 Å². The number of hydrogen-bond donors (Lipinski definition) is 1. The zero-order valence-electron chi connectivity index (χ0n) is 9.67. The lowest BCUT2D eigenvalue weighted by molar-refractivity contribution is -0.387. The number of thiol groups is 1. The third-order valence-corrected chi connectivity index (χ3v) is 3.84. The number of rotatable bonds is 8. The van der Waals surface area contributed by atoms with Gasteiger partial charge in [-0.1, -0.05) is 25.0 Å². The van der Waals surface area contributed by atoms with Gasteiger partial charge in [-0.05, 0) is 30.4 Å². The third kappa shape index (κ3) is 5.46. The molecule has 0 aliphatic rings. The van der Waals surface area contributed by atoms with Crippen LogP contribution in [0.5, 0.6) is 0 Å². The fourth-order valence-corrected chi connectivity index (χ4v) is 2.74. The van der Waals surface area contributed by atoms with Crippen molar-refractivity contribution in [2.45, 2.75) is 30.6 Å². The number of unbranched alkanes of at least 4 members (excludes halogenated alkanes) is 3. The fraction of sp³-hybridized carbons (Fsp3) is 0.500. The Kier molecular flexibility index (Phi) is 7.12. The summed E-state index contributed by atoms with van der Waals surface area (Å²) in [6.07, 6.45) is 4.62. The van der Waals surface area contributed by atoms with Crippen LogP contribution in [0.15, 0.2) is 29.2 Å². The maximum absolute atomic E-state index is 10.8. The van der Waals surface area contributed by atoms with Gasteiger partial charge in [-0.25, -0.2) is 0 Å². The van der Waals surface area contributed by atoms with E-state index in [2.05, 4.69) is 12.6 Å². The second-order valence-corrected chi connectivity index (χ2v) is 5.30. The molecule has 0 fully saturated rings. The first-order valence-corrected chi connectivity index (χ1v) is 7.34. The number of nitrogens with zero attached hydrogens (tertiary/aromatic N) is 1. The summed E-state index contributed by atoms with van der Waals surface area (Å²) in [7, 11) is 0. The van der Waals surface area contributed by atoms with Gasteiger partial charge in [0, 0.05) is 6.07 Å². The Morgan fingerprint density at radius 3 is 2.59 bits per heavy atom. The largest absolute Gasteiger partial charge is 0.282 e. The van der Waals surface area contributed by atoms with E-state index < -0.39 is 0 Å². The molecule has 0 unspecified atom stereocenters. The minimum Gasteiger partial charge on any atom is -0.258 e. The molecule has 1 aromatic carbocycles. The molecule has 1 rings (SSSR count). The Morgan fingerprint density at radius 2 is 1.88 bits per heavy atom. The van der Waals surface area contributed by atoms with Crippen molar-refractivity contribution in [3.8, 4) is 0 Å². The third-order valence-electron chi connectivity index (χ3n) is 2.37. The van der Waals surface area contributed by atoms with Crippen LogP contribution in [0.3, 0.4) is 0 Å². The molecule has 0 radical (unpaired) electrons. The highest BCUT2D eigenvalue weighted by Crippen LogP contribution is 2.29. The van der Waals surface area contributed by atoms with Gasteiger partial charge in [-0.2, -0.15) is 12.6 Å². The summed E-state index contributed by atoms with van der Waals surface area (Å²) in [5, 5.41) is 10.8. The van der Waals surface area contributed by atoms with E-state index in [0.29, 0.717) is 0 Å². The zero-order valence-corrected chi connectivity index (χ0v) is 11.4. The Bertz CT molecular complexity index is 358. The van der Waals surface area contributed by atoms with Crippen LogP contribution in [-0.4, -0.2) is 16.4 Å². The molecular weight excluding hydrogens is 254 g/mol. The molecule has 0 spiro atoms. The Morgan fingerprint density at radius 1 is 1.18 bits per heavy atom. The van der Waals surface area contributed by atoms with E-state index in [9.17, 15) is 10.1 Å². The summed E-state index contributed by atoms with van der Waals surface area (Å²) in [5.74, 6) is 1.88. The maximum atomic E-state index is 10.8. The smallest absolute Gasteiger partial charge is 0.258 e. The van der Waals surface area contributed by atoms with Crippen LogP contribution in [-0.2, 0) is 0 Å². The molecule has 0 amide bonds. The van der Waals surface area contributed by atoms with Gasteiger partial charge in [0.1, 0.15) is 0 Å². The van der Waals surface area contributed by atoms with Crippen molar-refractivity contribution in [2.75, 3.05) is 11.5 Å². The van der Waals surface area contributed by atoms with Gasteiger partial charge in [0.05, 0.1) is 9.82 Å². The van der Waals surface area contributed by atoms with Crippen molar-refractivity contribution in [2.24, 2.45) is 0 Å². The maximum Gasteiger partial charge on any atom is 0.282 e. The molecule has 17 heavy (non-hydrogen) atoms. The van der Waals surface area contributed by atoms with Crippen molar-refractivity contribution in [3.05, 3.63) is 34.4 Å². The molecule has 0 bridgehead atoms. The van der Waals surface area contributed by atoms with Gasteiger partial charge in [-0.3, -0.25) is 10.1 Å². The Hall–Kier alpha value is -0.680. The Balaban J connectivity index is 2.34. The van der Waals surface area contributed by atoms with Crippen LogP contribution in [0, 0.1) is 10.1 Å². The predicted octanol–water partition coefficient (Wildman–Crippen LogP) is 4.18. The molecule has 0 heterocycles. The molecule has 0 aliphatic heterocycles. The molecule has 0 aromatic heterocycles. The van der Waals surface area contributed by atoms with Gasteiger partial charge in [0.2, 0.25) is 0 Å². The van der Waals surface area contributed by atoms with Crippen molar-refractivity contribution in [1.82, 2.24) is 0 Å². The highest BCUT2D eigenvalue weighted by Gasteiger charge is 2.11. The predicted molar refractivity (Wildman–Crippen MR) is 76.1 cm³/mol. The second kappa shape index (κ2) is 8.42. The molecule has 3 nitrogen and oxygen atoms in total. The summed E-state index contributed by atoms with van der Waals surface area (Å²) in [5.41, 5.74) is 0.216. The molecule has 5 heteroatoms. The monoisotopic (exact) mass is 271 g/mol. The average Bonchev–Trinajstić information content (AvgIpc) is 2.34. The topological polar surface area (TPSA) is 43.1 Å². The molecule has 1 aromatic rings. The highest BCUT2D eigenvalue weighted by molar-refractivity contribution is 7.99. The summed E-state index contributed by atoms with van der Waals surface area (Å²) in [4.78, 5) is 11.2.